The Morgan fingerprint density at radius 1 is 1.00 bits per heavy atom. The second kappa shape index (κ2) is 8.84. The zero-order valence-corrected chi connectivity index (χ0v) is 14.4. The van der Waals surface area contributed by atoms with E-state index in [9.17, 15) is 0 Å². The first-order valence-electron chi connectivity index (χ1n) is 7.23. The van der Waals surface area contributed by atoms with Gasteiger partial charge in [0.15, 0.2) is 0 Å². The standard InChI is InChI=1S/C19H22OSe/c1-16(2)13-14-20-19(17-9-5-3-6-10-17)15-21-18-11-7-4-8-12-18/h3-13,19H,14-15H2,1-2H3. The van der Waals surface area contributed by atoms with Crippen LogP contribution in [0.5, 0.6) is 0 Å². The Kier molecular flexibility index (Phi) is 6.75. The molecule has 0 heterocycles. The fourth-order valence-electron chi connectivity index (χ4n) is 1.93. The third kappa shape index (κ3) is 5.89. The zero-order chi connectivity index (χ0) is 14.9. The van der Waals surface area contributed by atoms with E-state index in [1.165, 1.54) is 15.6 Å². The van der Waals surface area contributed by atoms with Gasteiger partial charge in [-0.25, -0.2) is 0 Å². The van der Waals surface area contributed by atoms with E-state index >= 15 is 0 Å². The molecule has 2 heteroatoms. The van der Waals surface area contributed by atoms with Crippen LogP contribution in [-0.4, -0.2) is 21.6 Å². The van der Waals surface area contributed by atoms with Gasteiger partial charge in [-0.15, -0.1) is 0 Å². The Labute approximate surface area is 134 Å². The molecule has 0 aliphatic rings. The monoisotopic (exact) mass is 346 g/mol. The summed E-state index contributed by atoms with van der Waals surface area (Å²) in [4.78, 5) is 0. The van der Waals surface area contributed by atoms with Gasteiger partial charge in [-0.2, -0.15) is 0 Å². The quantitative estimate of drug-likeness (QED) is 0.541. The molecule has 2 aromatic rings. The summed E-state index contributed by atoms with van der Waals surface area (Å²) in [6.45, 7) is 4.90. The van der Waals surface area contributed by atoms with Crippen LogP contribution in [0, 0.1) is 0 Å². The molecule has 0 saturated heterocycles. The van der Waals surface area contributed by atoms with Crippen molar-refractivity contribution in [2.75, 3.05) is 6.61 Å². The molecule has 1 atom stereocenters. The van der Waals surface area contributed by atoms with Crippen LogP contribution < -0.4 is 4.46 Å². The SMILES string of the molecule is CC(C)=CCOC(C[Se]c1ccccc1)c1ccccc1. The van der Waals surface area contributed by atoms with E-state index in [2.05, 4.69) is 80.6 Å². The van der Waals surface area contributed by atoms with E-state index in [-0.39, 0.29) is 6.10 Å². The molecule has 2 rings (SSSR count). The predicted octanol–water partition coefficient (Wildman–Crippen LogP) is 4.16. The van der Waals surface area contributed by atoms with Crippen molar-refractivity contribution < 1.29 is 4.74 Å². The molecule has 1 nitrogen and oxygen atoms in total. The Hall–Kier alpha value is -1.34. The molecule has 2 aromatic carbocycles. The molecule has 0 aromatic heterocycles. The number of benzene rings is 2. The Bertz CT molecular complexity index is 544. The fraction of sp³-hybridized carbons (Fsp3) is 0.263. The molecule has 110 valence electrons. The fourth-order valence-corrected chi connectivity index (χ4v) is 3.99. The average molecular weight is 345 g/mol. The van der Waals surface area contributed by atoms with Crippen LogP contribution in [0.25, 0.3) is 0 Å². The summed E-state index contributed by atoms with van der Waals surface area (Å²) in [5.74, 6) is 0. The van der Waals surface area contributed by atoms with Crippen molar-refractivity contribution in [1.29, 1.82) is 0 Å². The van der Waals surface area contributed by atoms with Gasteiger partial charge in [0.2, 0.25) is 0 Å². The molecule has 0 radical (unpaired) electrons. The molecule has 0 saturated carbocycles. The average Bonchev–Trinajstić information content (AvgIpc) is 2.52. The summed E-state index contributed by atoms with van der Waals surface area (Å²) < 4.78 is 7.53. The van der Waals surface area contributed by atoms with Crippen LogP contribution in [0.2, 0.25) is 5.32 Å². The number of rotatable bonds is 7. The van der Waals surface area contributed by atoms with E-state index in [0.717, 1.165) is 5.32 Å². The third-order valence-corrected chi connectivity index (χ3v) is 5.36. The Balaban J connectivity index is 2.00. The molecular formula is C19H22OSe. The van der Waals surface area contributed by atoms with Crippen molar-refractivity contribution >= 4 is 19.4 Å². The van der Waals surface area contributed by atoms with Crippen LogP contribution >= 0.6 is 0 Å². The zero-order valence-electron chi connectivity index (χ0n) is 12.7. The number of hydrogen-bond acceptors (Lipinski definition) is 1. The van der Waals surface area contributed by atoms with E-state index in [4.69, 9.17) is 4.74 Å². The summed E-state index contributed by atoms with van der Waals surface area (Å²) in [5, 5.41) is 1.07. The number of allylic oxidation sites excluding steroid dienone is 1. The number of hydrogen-bond donors (Lipinski definition) is 0. The third-order valence-electron chi connectivity index (χ3n) is 3.10. The van der Waals surface area contributed by atoms with Gasteiger partial charge < -0.3 is 0 Å². The van der Waals surface area contributed by atoms with Gasteiger partial charge in [-0.3, -0.25) is 0 Å². The molecule has 0 aliphatic carbocycles. The molecule has 0 bridgehead atoms. The van der Waals surface area contributed by atoms with Crippen LogP contribution in [-0.2, 0) is 4.74 Å². The molecule has 0 spiro atoms. The van der Waals surface area contributed by atoms with Gasteiger partial charge in [0.1, 0.15) is 0 Å². The summed E-state index contributed by atoms with van der Waals surface area (Å²) in [7, 11) is 0. The molecule has 0 amide bonds. The molecule has 0 fully saturated rings. The summed E-state index contributed by atoms with van der Waals surface area (Å²) >= 11 is 0.437. The van der Waals surface area contributed by atoms with E-state index in [1.54, 1.807) is 0 Å². The Morgan fingerprint density at radius 2 is 1.62 bits per heavy atom. The van der Waals surface area contributed by atoms with E-state index in [0.29, 0.717) is 21.6 Å². The van der Waals surface area contributed by atoms with Crippen molar-refractivity contribution in [2.45, 2.75) is 25.3 Å². The van der Waals surface area contributed by atoms with Crippen molar-refractivity contribution in [3.05, 3.63) is 77.9 Å². The van der Waals surface area contributed by atoms with Crippen LogP contribution in [0.3, 0.4) is 0 Å². The van der Waals surface area contributed by atoms with E-state index < -0.39 is 0 Å². The van der Waals surface area contributed by atoms with Gasteiger partial charge in [-0.05, 0) is 0 Å². The van der Waals surface area contributed by atoms with Crippen LogP contribution in [0.15, 0.2) is 72.3 Å². The first kappa shape index (κ1) is 16.0. The maximum atomic E-state index is 6.10. The molecular weight excluding hydrogens is 323 g/mol. The van der Waals surface area contributed by atoms with Crippen molar-refractivity contribution in [3.8, 4) is 0 Å². The number of ether oxygens (including phenoxy) is 1. The van der Waals surface area contributed by atoms with Crippen molar-refractivity contribution in [1.82, 2.24) is 0 Å². The van der Waals surface area contributed by atoms with Crippen molar-refractivity contribution in [3.63, 3.8) is 0 Å². The Morgan fingerprint density at radius 3 is 2.24 bits per heavy atom. The minimum atomic E-state index is 0.182. The van der Waals surface area contributed by atoms with Gasteiger partial charge >= 0.3 is 134 Å². The van der Waals surface area contributed by atoms with Crippen LogP contribution in [0.1, 0.15) is 25.5 Å². The van der Waals surface area contributed by atoms with Gasteiger partial charge in [0.05, 0.1) is 0 Å². The first-order chi connectivity index (χ1) is 10.3. The van der Waals surface area contributed by atoms with Gasteiger partial charge in [0, 0.05) is 0 Å². The second-order valence-corrected chi connectivity index (χ2v) is 7.43. The van der Waals surface area contributed by atoms with Gasteiger partial charge in [0.25, 0.3) is 0 Å². The van der Waals surface area contributed by atoms with Crippen LogP contribution in [0.4, 0.5) is 0 Å². The molecule has 0 aliphatic heterocycles. The van der Waals surface area contributed by atoms with Gasteiger partial charge in [-0.1, -0.05) is 0 Å². The normalized spacial score (nSPS) is 11.9. The maximum absolute atomic E-state index is 6.10. The molecule has 0 N–H and O–H groups in total. The topological polar surface area (TPSA) is 9.23 Å². The minimum absolute atomic E-state index is 0.182. The summed E-state index contributed by atoms with van der Waals surface area (Å²) in [6.07, 6.45) is 2.33. The van der Waals surface area contributed by atoms with Crippen molar-refractivity contribution in [2.24, 2.45) is 0 Å². The molecule has 21 heavy (non-hydrogen) atoms. The molecule has 1 unspecified atom stereocenters. The first-order valence-corrected chi connectivity index (χ1v) is 9.30. The van der Waals surface area contributed by atoms with E-state index in [1.807, 2.05) is 0 Å². The summed E-state index contributed by atoms with van der Waals surface area (Å²) in [6, 6.07) is 21.2. The second-order valence-electron chi connectivity index (χ2n) is 5.14. The summed E-state index contributed by atoms with van der Waals surface area (Å²) in [5.41, 5.74) is 2.58. The predicted molar refractivity (Wildman–Crippen MR) is 91.2 cm³/mol.